The lowest BCUT2D eigenvalue weighted by Crippen LogP contribution is -2.37. The number of sulfone groups is 1. The summed E-state index contributed by atoms with van der Waals surface area (Å²) in [5.41, 5.74) is 2.63. The van der Waals surface area contributed by atoms with Crippen LogP contribution in [-0.4, -0.2) is 34.2 Å². The van der Waals surface area contributed by atoms with Gasteiger partial charge in [0.2, 0.25) is 0 Å². The van der Waals surface area contributed by atoms with Gasteiger partial charge in [0, 0.05) is 26.4 Å². The molecule has 0 radical (unpaired) electrons. The van der Waals surface area contributed by atoms with Gasteiger partial charge in [-0.1, -0.05) is 24.3 Å². The zero-order chi connectivity index (χ0) is 19.2. The summed E-state index contributed by atoms with van der Waals surface area (Å²) in [4.78, 5) is 4.48. The smallest absolute Gasteiger partial charge is 0.191 e. The Balaban J connectivity index is 1.82. The average molecular weight is 377 g/mol. The summed E-state index contributed by atoms with van der Waals surface area (Å²) in [7, 11) is -1.48. The second-order valence-electron chi connectivity index (χ2n) is 6.10. The Morgan fingerprint density at radius 2 is 1.73 bits per heavy atom. The highest BCUT2D eigenvalue weighted by molar-refractivity contribution is 7.90. The molecule has 7 heteroatoms. The van der Waals surface area contributed by atoms with Gasteiger partial charge in [-0.3, -0.25) is 4.99 Å². The van der Waals surface area contributed by atoms with Crippen LogP contribution in [0.4, 0.5) is 4.39 Å². The topological polar surface area (TPSA) is 70.6 Å². The lowest BCUT2D eigenvalue weighted by atomic mass is 10.1. The Bertz CT molecular complexity index is 878. The second kappa shape index (κ2) is 8.80. The zero-order valence-corrected chi connectivity index (χ0v) is 16.0. The first-order valence-corrected chi connectivity index (χ1v) is 10.2. The highest BCUT2D eigenvalue weighted by atomic mass is 32.2. The van der Waals surface area contributed by atoms with Crippen molar-refractivity contribution in [2.45, 2.75) is 24.8 Å². The van der Waals surface area contributed by atoms with Crippen LogP contribution in [-0.2, 0) is 22.8 Å². The van der Waals surface area contributed by atoms with Gasteiger partial charge < -0.3 is 10.6 Å². The number of nitrogens with one attached hydrogen (secondary N) is 2. The van der Waals surface area contributed by atoms with E-state index >= 15 is 0 Å². The van der Waals surface area contributed by atoms with E-state index in [0.717, 1.165) is 17.5 Å². The van der Waals surface area contributed by atoms with Crippen LogP contribution >= 0.6 is 0 Å². The van der Waals surface area contributed by atoms with Gasteiger partial charge in [-0.05, 0) is 48.2 Å². The van der Waals surface area contributed by atoms with Crippen molar-refractivity contribution >= 4 is 15.8 Å². The Hall–Kier alpha value is -2.41. The predicted octanol–water partition coefficient (Wildman–Crippen LogP) is 2.45. The fraction of sp³-hybridized carbons (Fsp3) is 0.316. The molecule has 0 spiro atoms. The van der Waals surface area contributed by atoms with Gasteiger partial charge in [0.1, 0.15) is 5.82 Å². The van der Waals surface area contributed by atoms with Crippen molar-refractivity contribution in [3.8, 4) is 0 Å². The number of rotatable bonds is 6. The number of benzene rings is 2. The number of guanidine groups is 1. The molecule has 140 valence electrons. The average Bonchev–Trinajstić information content (AvgIpc) is 2.60. The van der Waals surface area contributed by atoms with Crippen LogP contribution in [0.2, 0.25) is 0 Å². The fourth-order valence-corrected chi connectivity index (χ4v) is 3.08. The maximum atomic E-state index is 13.3. The minimum Gasteiger partial charge on any atom is -0.356 e. The lowest BCUT2D eigenvalue weighted by molar-refractivity contribution is 0.602. The van der Waals surface area contributed by atoms with E-state index in [1.807, 2.05) is 12.1 Å². The van der Waals surface area contributed by atoms with Gasteiger partial charge in [0.05, 0.1) is 4.90 Å². The van der Waals surface area contributed by atoms with Crippen LogP contribution in [0.1, 0.15) is 16.7 Å². The first kappa shape index (κ1) is 19.9. The Kier molecular flexibility index (Phi) is 6.74. The van der Waals surface area contributed by atoms with Crippen molar-refractivity contribution in [2.24, 2.45) is 4.99 Å². The van der Waals surface area contributed by atoms with Gasteiger partial charge in [-0.15, -0.1) is 0 Å². The molecule has 0 saturated heterocycles. The summed E-state index contributed by atoms with van der Waals surface area (Å²) >= 11 is 0. The van der Waals surface area contributed by atoms with Gasteiger partial charge >= 0.3 is 0 Å². The summed E-state index contributed by atoms with van der Waals surface area (Å²) in [6, 6.07) is 11.9. The van der Waals surface area contributed by atoms with Crippen molar-refractivity contribution in [2.75, 3.05) is 19.8 Å². The summed E-state index contributed by atoms with van der Waals surface area (Å²) < 4.78 is 36.2. The summed E-state index contributed by atoms with van der Waals surface area (Å²) in [5.74, 6) is 0.442. The fourth-order valence-electron chi connectivity index (χ4n) is 2.45. The van der Waals surface area contributed by atoms with Crippen LogP contribution in [0.25, 0.3) is 0 Å². The van der Waals surface area contributed by atoms with Crippen molar-refractivity contribution in [1.29, 1.82) is 0 Å². The number of aliphatic imine (C=N–C) groups is 1. The molecule has 2 aromatic rings. The van der Waals surface area contributed by atoms with Crippen LogP contribution in [0.15, 0.2) is 52.4 Å². The standard InChI is InChI=1S/C19H24FN3O2S/c1-14-12-16(6-9-18(14)20)13-23-19(21-2)22-11-10-15-4-7-17(8-5-15)26(3,24)25/h4-9,12H,10-11,13H2,1-3H3,(H2,21,22,23). The van der Waals surface area contributed by atoms with Gasteiger partial charge in [0.15, 0.2) is 15.8 Å². The monoisotopic (exact) mass is 377 g/mol. The summed E-state index contributed by atoms with van der Waals surface area (Å²) in [5, 5.41) is 6.39. The molecule has 0 aliphatic carbocycles. The SMILES string of the molecule is CN=C(NCCc1ccc(S(C)(=O)=O)cc1)NCc1ccc(F)c(C)c1. The number of hydrogen-bond acceptors (Lipinski definition) is 3. The molecule has 2 rings (SSSR count). The van der Waals surface area contributed by atoms with Crippen LogP contribution < -0.4 is 10.6 Å². The molecule has 0 aliphatic heterocycles. The van der Waals surface area contributed by atoms with E-state index in [2.05, 4.69) is 15.6 Å². The molecule has 0 amide bonds. The van der Waals surface area contributed by atoms with E-state index in [1.165, 1.54) is 12.3 Å². The highest BCUT2D eigenvalue weighted by Gasteiger charge is 2.06. The highest BCUT2D eigenvalue weighted by Crippen LogP contribution is 2.11. The third-order valence-electron chi connectivity index (χ3n) is 3.96. The largest absolute Gasteiger partial charge is 0.356 e. The van der Waals surface area contributed by atoms with Crippen LogP contribution in [0.5, 0.6) is 0 Å². The molecule has 2 N–H and O–H groups in total. The number of hydrogen-bond donors (Lipinski definition) is 2. The van der Waals surface area contributed by atoms with E-state index < -0.39 is 9.84 Å². The van der Waals surface area contributed by atoms with E-state index in [-0.39, 0.29) is 5.82 Å². The number of halogens is 1. The minimum absolute atomic E-state index is 0.210. The first-order chi connectivity index (χ1) is 12.3. The molecule has 0 saturated carbocycles. The predicted molar refractivity (Wildman–Crippen MR) is 103 cm³/mol. The van der Waals surface area contributed by atoms with Crippen molar-refractivity contribution in [1.82, 2.24) is 10.6 Å². The van der Waals surface area contributed by atoms with E-state index in [0.29, 0.717) is 29.5 Å². The van der Waals surface area contributed by atoms with Crippen molar-refractivity contribution in [3.05, 3.63) is 65.0 Å². The van der Waals surface area contributed by atoms with E-state index in [1.54, 1.807) is 38.2 Å². The van der Waals surface area contributed by atoms with Gasteiger partial charge in [0.25, 0.3) is 0 Å². The third-order valence-corrected chi connectivity index (χ3v) is 5.09. The molecule has 0 aromatic heterocycles. The van der Waals surface area contributed by atoms with Crippen molar-refractivity contribution < 1.29 is 12.8 Å². The van der Waals surface area contributed by atoms with Gasteiger partial charge in [-0.2, -0.15) is 0 Å². The zero-order valence-electron chi connectivity index (χ0n) is 15.2. The lowest BCUT2D eigenvalue weighted by Gasteiger charge is -2.12. The molecule has 0 atom stereocenters. The van der Waals surface area contributed by atoms with E-state index in [4.69, 9.17) is 0 Å². The molecule has 5 nitrogen and oxygen atoms in total. The second-order valence-corrected chi connectivity index (χ2v) is 8.12. The number of aryl methyl sites for hydroxylation is 1. The normalized spacial score (nSPS) is 12.1. The maximum absolute atomic E-state index is 13.3. The Labute approximate surface area is 154 Å². The molecular weight excluding hydrogens is 353 g/mol. The number of nitrogens with zero attached hydrogens (tertiary/aromatic N) is 1. The van der Waals surface area contributed by atoms with Crippen LogP contribution in [0.3, 0.4) is 0 Å². The Morgan fingerprint density at radius 3 is 2.31 bits per heavy atom. The Morgan fingerprint density at radius 1 is 1.08 bits per heavy atom. The molecule has 0 aliphatic rings. The first-order valence-electron chi connectivity index (χ1n) is 8.28. The molecule has 2 aromatic carbocycles. The van der Waals surface area contributed by atoms with Crippen molar-refractivity contribution in [3.63, 3.8) is 0 Å². The summed E-state index contributed by atoms with van der Waals surface area (Å²) in [6.45, 7) is 2.94. The molecule has 0 unspecified atom stereocenters. The van der Waals surface area contributed by atoms with E-state index in [9.17, 15) is 12.8 Å². The molecule has 0 fully saturated rings. The molecule has 0 heterocycles. The van der Waals surface area contributed by atoms with Crippen LogP contribution in [0, 0.1) is 12.7 Å². The maximum Gasteiger partial charge on any atom is 0.191 e. The molecule has 0 bridgehead atoms. The quantitative estimate of drug-likeness (QED) is 0.599. The molecule has 26 heavy (non-hydrogen) atoms. The van der Waals surface area contributed by atoms with Gasteiger partial charge in [-0.25, -0.2) is 12.8 Å². The minimum atomic E-state index is -3.17. The summed E-state index contributed by atoms with van der Waals surface area (Å²) in [6.07, 6.45) is 1.93. The third kappa shape index (κ3) is 5.84. The molecular formula is C19H24FN3O2S.